The van der Waals surface area contributed by atoms with E-state index in [1.165, 1.54) is 53.3 Å². The highest BCUT2D eigenvalue weighted by Crippen LogP contribution is 2.29. The highest BCUT2D eigenvalue weighted by atomic mass is 32.1. The minimum absolute atomic E-state index is 0.519. The number of para-hydroxylation sites is 1. The first-order valence-corrected chi connectivity index (χ1v) is 10.6. The van der Waals surface area contributed by atoms with Crippen molar-refractivity contribution in [2.45, 2.75) is 52.1 Å². The second kappa shape index (κ2) is 7.96. The number of fused-ring (bicyclic) bond motifs is 1. The lowest BCUT2D eigenvalue weighted by molar-refractivity contribution is 0.313. The number of benzene rings is 2. The molecule has 3 nitrogen and oxygen atoms in total. The molecule has 1 N–H and O–H groups in total. The number of nitrogens with one attached hydrogen (secondary N) is 1. The van der Waals surface area contributed by atoms with Crippen LogP contribution in [0.5, 0.6) is 0 Å². The van der Waals surface area contributed by atoms with Crippen LogP contribution < -0.4 is 5.32 Å². The Morgan fingerprint density at radius 3 is 2.61 bits per heavy atom. The van der Waals surface area contributed by atoms with E-state index in [-0.39, 0.29) is 0 Å². The monoisotopic (exact) mass is 391 g/mol. The van der Waals surface area contributed by atoms with Crippen LogP contribution in [0.15, 0.2) is 48.7 Å². The first-order chi connectivity index (χ1) is 13.5. The molecule has 28 heavy (non-hydrogen) atoms. The molecule has 1 saturated carbocycles. The predicted octanol–water partition coefficient (Wildman–Crippen LogP) is 5.94. The van der Waals surface area contributed by atoms with Gasteiger partial charge in [0.2, 0.25) is 0 Å². The van der Waals surface area contributed by atoms with Crippen molar-refractivity contribution in [2.24, 2.45) is 7.05 Å². The summed E-state index contributed by atoms with van der Waals surface area (Å²) in [6.45, 7) is 5.14. The zero-order valence-electron chi connectivity index (χ0n) is 17.0. The number of rotatable bonds is 4. The van der Waals surface area contributed by atoms with Gasteiger partial charge in [-0.2, -0.15) is 0 Å². The minimum atomic E-state index is 0.519. The molecule has 0 spiro atoms. The van der Waals surface area contributed by atoms with Crippen LogP contribution in [-0.4, -0.2) is 20.6 Å². The Hall–Kier alpha value is -2.33. The van der Waals surface area contributed by atoms with Crippen LogP contribution in [0.4, 0.5) is 5.69 Å². The van der Waals surface area contributed by atoms with Crippen LogP contribution >= 0.6 is 12.2 Å². The average molecular weight is 392 g/mol. The molecule has 4 rings (SSSR count). The second-order valence-corrected chi connectivity index (χ2v) is 8.46. The number of aromatic nitrogens is 1. The summed E-state index contributed by atoms with van der Waals surface area (Å²) in [6.07, 6.45) is 7.29. The van der Waals surface area contributed by atoms with E-state index in [0.29, 0.717) is 6.04 Å². The molecule has 0 aliphatic heterocycles. The first kappa shape index (κ1) is 19.0. The Kier molecular flexibility index (Phi) is 5.40. The fourth-order valence-corrected chi connectivity index (χ4v) is 4.66. The molecule has 1 aliphatic carbocycles. The van der Waals surface area contributed by atoms with Crippen LogP contribution in [0.2, 0.25) is 0 Å². The van der Waals surface area contributed by atoms with Crippen molar-refractivity contribution < 1.29 is 0 Å². The highest BCUT2D eigenvalue weighted by molar-refractivity contribution is 7.80. The molecule has 1 aliphatic rings. The van der Waals surface area contributed by atoms with E-state index in [4.69, 9.17) is 12.2 Å². The normalized spacial score (nSPS) is 14.5. The van der Waals surface area contributed by atoms with Gasteiger partial charge >= 0.3 is 0 Å². The maximum absolute atomic E-state index is 5.91. The molecular formula is C24H29N3S. The van der Waals surface area contributed by atoms with E-state index in [2.05, 4.69) is 84.3 Å². The summed E-state index contributed by atoms with van der Waals surface area (Å²) in [5.74, 6) is 0. The van der Waals surface area contributed by atoms with E-state index in [9.17, 15) is 0 Å². The summed E-state index contributed by atoms with van der Waals surface area (Å²) >= 11 is 5.91. The minimum Gasteiger partial charge on any atom is -0.350 e. The van der Waals surface area contributed by atoms with Gasteiger partial charge in [-0.25, -0.2) is 0 Å². The lowest BCUT2D eigenvalue weighted by atomic mass is 10.1. The van der Waals surface area contributed by atoms with Gasteiger partial charge in [0.15, 0.2) is 5.11 Å². The quantitative estimate of drug-likeness (QED) is 0.556. The molecule has 0 atom stereocenters. The molecule has 4 heteroatoms. The van der Waals surface area contributed by atoms with Crippen molar-refractivity contribution >= 4 is 33.9 Å². The summed E-state index contributed by atoms with van der Waals surface area (Å²) in [4.78, 5) is 2.42. The Balaban J connectivity index is 1.61. The van der Waals surface area contributed by atoms with E-state index < -0.39 is 0 Å². The topological polar surface area (TPSA) is 20.2 Å². The Bertz CT molecular complexity index is 998. The number of thiocarbonyl (C=S) groups is 1. The summed E-state index contributed by atoms with van der Waals surface area (Å²) in [5, 5.41) is 5.67. The van der Waals surface area contributed by atoms with Crippen LogP contribution in [0.25, 0.3) is 10.9 Å². The molecule has 0 unspecified atom stereocenters. The number of aryl methyl sites for hydroxylation is 3. The van der Waals surface area contributed by atoms with Crippen molar-refractivity contribution in [2.75, 3.05) is 5.32 Å². The maximum Gasteiger partial charge on any atom is 0.173 e. The lowest BCUT2D eigenvalue weighted by Gasteiger charge is -2.32. The molecule has 2 aromatic carbocycles. The van der Waals surface area contributed by atoms with Crippen molar-refractivity contribution in [3.8, 4) is 0 Å². The van der Waals surface area contributed by atoms with Gasteiger partial charge in [0.1, 0.15) is 0 Å². The summed E-state index contributed by atoms with van der Waals surface area (Å²) in [7, 11) is 2.12. The van der Waals surface area contributed by atoms with E-state index in [1.54, 1.807) is 0 Å². The molecule has 0 radical (unpaired) electrons. The maximum atomic E-state index is 5.91. The van der Waals surface area contributed by atoms with E-state index in [1.807, 2.05) is 0 Å². The van der Waals surface area contributed by atoms with E-state index in [0.717, 1.165) is 17.3 Å². The average Bonchev–Trinajstić information content (AvgIpc) is 3.32. The van der Waals surface area contributed by atoms with Crippen molar-refractivity contribution in [1.29, 1.82) is 0 Å². The van der Waals surface area contributed by atoms with Gasteiger partial charge in [-0.1, -0.05) is 37.1 Å². The van der Waals surface area contributed by atoms with Gasteiger partial charge in [0.25, 0.3) is 0 Å². The summed E-state index contributed by atoms with van der Waals surface area (Å²) in [5.41, 5.74) is 6.29. The zero-order chi connectivity index (χ0) is 19.7. The Labute approximate surface area is 173 Å². The highest BCUT2D eigenvalue weighted by Gasteiger charge is 2.26. The van der Waals surface area contributed by atoms with Crippen LogP contribution in [0.1, 0.15) is 42.4 Å². The number of nitrogens with zero attached hydrogens (tertiary/aromatic N) is 2. The third-order valence-corrected chi connectivity index (χ3v) is 6.44. The lowest BCUT2D eigenvalue weighted by Crippen LogP contribution is -2.40. The molecule has 3 aromatic rings. The van der Waals surface area contributed by atoms with Crippen molar-refractivity contribution in [3.05, 3.63) is 65.4 Å². The molecule has 0 amide bonds. The molecule has 0 bridgehead atoms. The van der Waals surface area contributed by atoms with Gasteiger partial charge in [-0.15, -0.1) is 0 Å². The SMILES string of the molecule is Cc1ccc(NC(=S)N(Cc2cn(C)c3ccccc23)C2CCCC2)cc1C. The largest absolute Gasteiger partial charge is 0.350 e. The van der Waals surface area contributed by atoms with Crippen LogP contribution in [0.3, 0.4) is 0 Å². The van der Waals surface area contributed by atoms with Gasteiger partial charge in [-0.3, -0.25) is 0 Å². The molecular weight excluding hydrogens is 362 g/mol. The third kappa shape index (κ3) is 3.79. The van der Waals surface area contributed by atoms with Crippen LogP contribution in [-0.2, 0) is 13.6 Å². The van der Waals surface area contributed by atoms with Crippen molar-refractivity contribution in [1.82, 2.24) is 9.47 Å². The Morgan fingerprint density at radius 2 is 1.86 bits per heavy atom. The molecule has 146 valence electrons. The second-order valence-electron chi connectivity index (χ2n) is 8.08. The van der Waals surface area contributed by atoms with Crippen molar-refractivity contribution in [3.63, 3.8) is 0 Å². The van der Waals surface area contributed by atoms with Gasteiger partial charge in [0.05, 0.1) is 0 Å². The predicted molar refractivity (Wildman–Crippen MR) is 123 cm³/mol. The first-order valence-electron chi connectivity index (χ1n) is 10.2. The fourth-order valence-electron chi connectivity index (χ4n) is 4.33. The van der Waals surface area contributed by atoms with E-state index >= 15 is 0 Å². The zero-order valence-corrected chi connectivity index (χ0v) is 17.9. The van der Waals surface area contributed by atoms with Gasteiger partial charge in [-0.05, 0) is 73.8 Å². The van der Waals surface area contributed by atoms with Gasteiger partial charge in [0, 0.05) is 42.4 Å². The molecule has 1 aromatic heterocycles. The molecule has 0 saturated heterocycles. The summed E-state index contributed by atoms with van der Waals surface area (Å²) in [6, 6.07) is 15.6. The number of hydrogen-bond donors (Lipinski definition) is 1. The smallest absolute Gasteiger partial charge is 0.173 e. The fraction of sp³-hybridized carbons (Fsp3) is 0.375. The third-order valence-electron chi connectivity index (χ3n) is 6.10. The molecule has 1 fully saturated rings. The number of hydrogen-bond acceptors (Lipinski definition) is 1. The number of anilines is 1. The van der Waals surface area contributed by atoms with Gasteiger partial charge < -0.3 is 14.8 Å². The summed E-state index contributed by atoms with van der Waals surface area (Å²) < 4.78 is 2.22. The Morgan fingerprint density at radius 1 is 1.11 bits per heavy atom. The molecule has 1 heterocycles. The van der Waals surface area contributed by atoms with Crippen LogP contribution in [0, 0.1) is 13.8 Å². The standard InChI is InChI=1S/C24H29N3S/c1-17-12-13-20(14-18(17)2)25-24(28)27(21-8-4-5-9-21)16-19-15-26(3)23-11-7-6-10-22(19)23/h6-7,10-15,21H,4-5,8-9,16H2,1-3H3,(H,25,28).